The molecule has 0 saturated heterocycles. The second-order valence-electron chi connectivity index (χ2n) is 5.51. The predicted octanol–water partition coefficient (Wildman–Crippen LogP) is 5.02. The van der Waals surface area contributed by atoms with Gasteiger partial charge in [0.1, 0.15) is 0 Å². The van der Waals surface area contributed by atoms with E-state index in [0.29, 0.717) is 0 Å². The van der Waals surface area contributed by atoms with Gasteiger partial charge in [0.25, 0.3) is 0 Å². The Morgan fingerprint density at radius 3 is 2.67 bits per heavy atom. The smallest absolute Gasteiger partial charge is 0.0551 e. The molecule has 100 valence electrons. The fourth-order valence-corrected chi connectivity index (χ4v) is 3.05. The molecule has 1 aliphatic rings. The van der Waals surface area contributed by atoms with E-state index in [1.165, 1.54) is 31.2 Å². The van der Waals surface area contributed by atoms with E-state index in [1.54, 1.807) is 0 Å². The Morgan fingerprint density at radius 2 is 2.00 bits per heavy atom. The molecule has 1 aromatic rings. The average molecular weight is 331 g/mol. The Balaban J connectivity index is 1.73. The third kappa shape index (κ3) is 4.25. The lowest BCUT2D eigenvalue weighted by molar-refractivity contribution is 0.281. The molecular formula is C15H21BrClN. The fraction of sp³-hybridized carbons (Fsp3) is 0.600. The summed E-state index contributed by atoms with van der Waals surface area (Å²) in [5.41, 5.74) is 1.26. The molecule has 2 rings (SSSR count). The molecule has 1 aromatic carbocycles. The largest absolute Gasteiger partial charge is 0.312 e. The Kier molecular flexibility index (Phi) is 5.53. The molecule has 3 heteroatoms. The summed E-state index contributed by atoms with van der Waals surface area (Å²) in [7, 11) is 0. The molecule has 1 saturated carbocycles. The van der Waals surface area contributed by atoms with Crippen molar-refractivity contribution in [1.29, 1.82) is 0 Å². The SMILES string of the molecule is CC1CCC(CNCc2ccc(Br)c(Cl)c2)CC1. The zero-order valence-electron chi connectivity index (χ0n) is 10.9. The third-order valence-electron chi connectivity index (χ3n) is 3.88. The summed E-state index contributed by atoms with van der Waals surface area (Å²) in [4.78, 5) is 0. The highest BCUT2D eigenvalue weighted by Gasteiger charge is 2.17. The van der Waals surface area contributed by atoms with E-state index < -0.39 is 0 Å². The predicted molar refractivity (Wildman–Crippen MR) is 82.0 cm³/mol. The molecular weight excluding hydrogens is 310 g/mol. The molecule has 1 N–H and O–H groups in total. The van der Waals surface area contributed by atoms with Gasteiger partial charge in [-0.1, -0.05) is 37.4 Å². The zero-order valence-corrected chi connectivity index (χ0v) is 13.2. The van der Waals surface area contributed by atoms with Gasteiger partial charge in [-0.25, -0.2) is 0 Å². The van der Waals surface area contributed by atoms with Gasteiger partial charge in [0.2, 0.25) is 0 Å². The number of hydrogen-bond donors (Lipinski definition) is 1. The van der Waals surface area contributed by atoms with Crippen LogP contribution in [0.15, 0.2) is 22.7 Å². The van der Waals surface area contributed by atoms with Crippen molar-refractivity contribution in [3.63, 3.8) is 0 Å². The highest BCUT2D eigenvalue weighted by Crippen LogP contribution is 2.28. The molecule has 0 bridgehead atoms. The summed E-state index contributed by atoms with van der Waals surface area (Å²) < 4.78 is 0.967. The monoisotopic (exact) mass is 329 g/mol. The van der Waals surface area contributed by atoms with Gasteiger partial charge in [-0.2, -0.15) is 0 Å². The minimum absolute atomic E-state index is 0.792. The number of halogens is 2. The Bertz CT molecular complexity index is 386. The van der Waals surface area contributed by atoms with Gasteiger partial charge < -0.3 is 5.32 Å². The maximum Gasteiger partial charge on any atom is 0.0551 e. The molecule has 0 unspecified atom stereocenters. The molecule has 1 fully saturated rings. The van der Waals surface area contributed by atoms with Crippen molar-refractivity contribution in [3.8, 4) is 0 Å². The lowest BCUT2D eigenvalue weighted by Gasteiger charge is -2.26. The van der Waals surface area contributed by atoms with Crippen molar-refractivity contribution in [2.45, 2.75) is 39.2 Å². The van der Waals surface area contributed by atoms with Gasteiger partial charge in [-0.3, -0.25) is 0 Å². The summed E-state index contributed by atoms with van der Waals surface area (Å²) in [6.45, 7) is 4.42. The molecule has 0 heterocycles. The zero-order chi connectivity index (χ0) is 13.0. The molecule has 0 amide bonds. The van der Waals surface area contributed by atoms with Gasteiger partial charge in [0.05, 0.1) is 5.02 Å². The van der Waals surface area contributed by atoms with E-state index >= 15 is 0 Å². The quantitative estimate of drug-likeness (QED) is 0.817. The first-order chi connectivity index (χ1) is 8.65. The maximum absolute atomic E-state index is 6.08. The van der Waals surface area contributed by atoms with Crippen LogP contribution in [0, 0.1) is 11.8 Å². The lowest BCUT2D eigenvalue weighted by atomic mass is 9.83. The van der Waals surface area contributed by atoms with Crippen LogP contribution in [-0.4, -0.2) is 6.54 Å². The summed E-state index contributed by atoms with van der Waals surface area (Å²) in [5.74, 6) is 1.80. The van der Waals surface area contributed by atoms with Crippen molar-refractivity contribution >= 4 is 27.5 Å². The van der Waals surface area contributed by atoms with Crippen molar-refractivity contribution in [2.75, 3.05) is 6.54 Å². The van der Waals surface area contributed by atoms with Gasteiger partial charge in [0, 0.05) is 11.0 Å². The minimum atomic E-state index is 0.792. The molecule has 1 aliphatic carbocycles. The fourth-order valence-electron chi connectivity index (χ4n) is 2.60. The van der Waals surface area contributed by atoms with Crippen molar-refractivity contribution in [1.82, 2.24) is 5.32 Å². The van der Waals surface area contributed by atoms with E-state index in [4.69, 9.17) is 11.6 Å². The van der Waals surface area contributed by atoms with Crippen LogP contribution in [0.1, 0.15) is 38.2 Å². The molecule has 18 heavy (non-hydrogen) atoms. The van der Waals surface area contributed by atoms with Gasteiger partial charge in [-0.05, 0) is 64.8 Å². The average Bonchev–Trinajstić information content (AvgIpc) is 2.36. The van der Waals surface area contributed by atoms with Crippen LogP contribution >= 0.6 is 27.5 Å². The van der Waals surface area contributed by atoms with E-state index in [2.05, 4.69) is 34.2 Å². The Labute approximate surface area is 123 Å². The number of benzene rings is 1. The van der Waals surface area contributed by atoms with Crippen molar-refractivity contribution in [2.24, 2.45) is 11.8 Å². The second kappa shape index (κ2) is 6.93. The topological polar surface area (TPSA) is 12.0 Å². The standard InChI is InChI=1S/C15H21BrClN/c1-11-2-4-12(5-3-11)9-18-10-13-6-7-14(16)15(17)8-13/h6-8,11-12,18H,2-5,9-10H2,1H3. The summed E-state index contributed by atoms with van der Waals surface area (Å²) in [6.07, 6.45) is 5.57. The molecule has 0 aliphatic heterocycles. The number of hydrogen-bond acceptors (Lipinski definition) is 1. The highest BCUT2D eigenvalue weighted by molar-refractivity contribution is 9.10. The molecule has 0 atom stereocenters. The van der Waals surface area contributed by atoms with Crippen LogP contribution in [0.4, 0.5) is 0 Å². The van der Waals surface area contributed by atoms with Crippen molar-refractivity contribution in [3.05, 3.63) is 33.3 Å². The van der Waals surface area contributed by atoms with Crippen molar-refractivity contribution < 1.29 is 0 Å². The van der Waals surface area contributed by atoms with Gasteiger partial charge in [-0.15, -0.1) is 0 Å². The van der Waals surface area contributed by atoms with Crippen LogP contribution in [0.2, 0.25) is 5.02 Å². The van der Waals surface area contributed by atoms with Crippen LogP contribution in [0.25, 0.3) is 0 Å². The first-order valence-electron chi connectivity index (χ1n) is 6.80. The molecule has 0 spiro atoms. The van der Waals surface area contributed by atoms with Crippen LogP contribution in [0.3, 0.4) is 0 Å². The Hall–Kier alpha value is -0.0500. The maximum atomic E-state index is 6.08. The normalized spacial score (nSPS) is 24.2. The molecule has 0 aromatic heterocycles. The summed E-state index contributed by atoms with van der Waals surface area (Å²) >= 11 is 9.50. The summed E-state index contributed by atoms with van der Waals surface area (Å²) in [6, 6.07) is 6.16. The first kappa shape index (κ1) is 14.4. The van der Waals surface area contributed by atoms with Gasteiger partial charge >= 0.3 is 0 Å². The van der Waals surface area contributed by atoms with Crippen LogP contribution < -0.4 is 5.32 Å². The van der Waals surface area contributed by atoms with Crippen LogP contribution in [-0.2, 0) is 6.54 Å². The highest BCUT2D eigenvalue weighted by atomic mass is 79.9. The third-order valence-corrected chi connectivity index (χ3v) is 5.11. The van der Waals surface area contributed by atoms with Crippen LogP contribution in [0.5, 0.6) is 0 Å². The minimum Gasteiger partial charge on any atom is -0.312 e. The molecule has 0 radical (unpaired) electrons. The van der Waals surface area contributed by atoms with Gasteiger partial charge in [0.15, 0.2) is 0 Å². The van der Waals surface area contributed by atoms with E-state index in [-0.39, 0.29) is 0 Å². The molecule has 1 nitrogen and oxygen atoms in total. The van der Waals surface area contributed by atoms with E-state index in [9.17, 15) is 0 Å². The summed E-state index contributed by atoms with van der Waals surface area (Å²) in [5, 5.41) is 4.35. The second-order valence-corrected chi connectivity index (χ2v) is 6.77. The lowest BCUT2D eigenvalue weighted by Crippen LogP contribution is -2.25. The number of rotatable bonds is 4. The van der Waals surface area contributed by atoms with E-state index in [0.717, 1.165) is 34.4 Å². The first-order valence-corrected chi connectivity index (χ1v) is 7.97. The Morgan fingerprint density at radius 1 is 1.28 bits per heavy atom. The number of nitrogens with one attached hydrogen (secondary N) is 1. The van der Waals surface area contributed by atoms with E-state index in [1.807, 2.05) is 12.1 Å².